The average Bonchev–Trinajstić information content (AvgIpc) is 3.29. The zero-order valence-corrected chi connectivity index (χ0v) is 19.1. The van der Waals surface area contributed by atoms with E-state index < -0.39 is 17.5 Å². The molecule has 1 aromatic carbocycles. The van der Waals surface area contributed by atoms with Gasteiger partial charge < -0.3 is 20.6 Å². The molecular weight excluding hydrogens is 445 g/mol. The lowest BCUT2D eigenvalue weighted by molar-refractivity contribution is 0.121. The van der Waals surface area contributed by atoms with E-state index in [0.717, 1.165) is 11.3 Å². The van der Waals surface area contributed by atoms with Gasteiger partial charge in [0.05, 0.1) is 28.0 Å². The Hall–Kier alpha value is -3.36. The molecule has 2 aromatic rings. The molecular formula is C24H25ClFN5O2. The second kappa shape index (κ2) is 9.25. The maximum atomic E-state index is 13.3. The van der Waals surface area contributed by atoms with Gasteiger partial charge >= 0.3 is 6.03 Å². The Morgan fingerprint density at radius 1 is 1.33 bits per heavy atom. The van der Waals surface area contributed by atoms with Crippen molar-refractivity contribution in [1.82, 2.24) is 15.2 Å². The van der Waals surface area contributed by atoms with Gasteiger partial charge in [0.15, 0.2) is 0 Å². The molecule has 1 aliphatic heterocycles. The number of aryl methyl sites for hydroxylation is 1. The number of aliphatic hydroxyl groups is 1. The van der Waals surface area contributed by atoms with Gasteiger partial charge in [-0.2, -0.15) is 0 Å². The lowest BCUT2D eigenvalue weighted by Crippen LogP contribution is -2.57. The second-order valence-electron chi connectivity index (χ2n) is 8.00. The zero-order valence-electron chi connectivity index (χ0n) is 18.3. The summed E-state index contributed by atoms with van der Waals surface area (Å²) in [4.78, 5) is 20.8. The molecule has 3 N–H and O–H groups in total. The third-order valence-electron chi connectivity index (χ3n) is 5.82. The Morgan fingerprint density at radius 3 is 2.88 bits per heavy atom. The van der Waals surface area contributed by atoms with Crippen LogP contribution in [0.4, 0.5) is 26.4 Å². The van der Waals surface area contributed by atoms with Gasteiger partial charge in [0, 0.05) is 24.7 Å². The predicted molar refractivity (Wildman–Crippen MR) is 128 cm³/mol. The SMILES string of the molecule is CCC1(NC(=O)N2C=CN(c3cc(Nc4ccc(F)cc4Cl)ncc3C)C2)C=CC=CC1O. The molecule has 4 rings (SSSR count). The number of aromatic nitrogens is 1. The maximum Gasteiger partial charge on any atom is 0.323 e. The number of hydrogen-bond acceptors (Lipinski definition) is 5. The number of benzene rings is 1. The van der Waals surface area contributed by atoms with Crippen molar-refractivity contribution in [3.8, 4) is 0 Å². The van der Waals surface area contributed by atoms with Gasteiger partial charge in [0.2, 0.25) is 0 Å². The van der Waals surface area contributed by atoms with Crippen molar-refractivity contribution in [3.05, 3.63) is 83.6 Å². The molecule has 0 fully saturated rings. The first-order chi connectivity index (χ1) is 15.8. The summed E-state index contributed by atoms with van der Waals surface area (Å²) in [5, 5.41) is 16.7. The lowest BCUT2D eigenvalue weighted by atomic mass is 9.86. The quantitative estimate of drug-likeness (QED) is 0.585. The number of rotatable bonds is 5. The van der Waals surface area contributed by atoms with Crippen LogP contribution in [0, 0.1) is 12.7 Å². The molecule has 2 amide bonds. The molecule has 0 bridgehead atoms. The van der Waals surface area contributed by atoms with E-state index in [9.17, 15) is 14.3 Å². The summed E-state index contributed by atoms with van der Waals surface area (Å²) in [7, 11) is 0. The fraction of sp³-hybridized carbons (Fsp3) is 0.250. The minimum absolute atomic E-state index is 0.251. The second-order valence-corrected chi connectivity index (χ2v) is 8.40. The predicted octanol–water partition coefficient (Wildman–Crippen LogP) is 4.82. The van der Waals surface area contributed by atoms with Gasteiger partial charge in [0.1, 0.15) is 18.3 Å². The number of aliphatic hydroxyl groups excluding tert-OH is 1. The summed E-state index contributed by atoms with van der Waals surface area (Å²) < 4.78 is 13.3. The molecule has 2 aliphatic rings. The van der Waals surface area contributed by atoms with Crippen molar-refractivity contribution in [1.29, 1.82) is 0 Å². The Balaban J connectivity index is 1.47. The lowest BCUT2D eigenvalue weighted by Gasteiger charge is -2.36. The number of allylic oxidation sites excluding steroid dienone is 2. The number of amides is 2. The molecule has 2 atom stereocenters. The monoisotopic (exact) mass is 469 g/mol. The number of nitrogens with zero attached hydrogens (tertiary/aromatic N) is 3. The summed E-state index contributed by atoms with van der Waals surface area (Å²) in [5.74, 6) is 0.119. The summed E-state index contributed by atoms with van der Waals surface area (Å²) in [5.41, 5.74) is 1.46. The van der Waals surface area contributed by atoms with Crippen LogP contribution in [-0.4, -0.2) is 39.3 Å². The Bertz CT molecular complexity index is 1150. The molecule has 0 spiro atoms. The fourth-order valence-electron chi connectivity index (χ4n) is 3.80. The van der Waals surface area contributed by atoms with E-state index in [1.54, 1.807) is 35.5 Å². The molecule has 0 radical (unpaired) electrons. The van der Waals surface area contributed by atoms with E-state index in [1.807, 2.05) is 43.2 Å². The molecule has 2 heterocycles. The van der Waals surface area contributed by atoms with Crippen LogP contribution in [0.3, 0.4) is 0 Å². The van der Waals surface area contributed by atoms with Crippen molar-refractivity contribution in [2.75, 3.05) is 16.9 Å². The van der Waals surface area contributed by atoms with Crippen molar-refractivity contribution < 1.29 is 14.3 Å². The van der Waals surface area contributed by atoms with Crippen molar-refractivity contribution in [2.45, 2.75) is 31.9 Å². The fourth-order valence-corrected chi connectivity index (χ4v) is 4.01. The Labute approximate surface area is 196 Å². The molecule has 33 heavy (non-hydrogen) atoms. The first kappa shape index (κ1) is 22.8. The van der Waals surface area contributed by atoms with Gasteiger partial charge in [0.25, 0.3) is 0 Å². The Kier molecular flexibility index (Phi) is 6.40. The number of halogens is 2. The zero-order chi connectivity index (χ0) is 23.6. The molecule has 2 unspecified atom stereocenters. The molecule has 1 aliphatic carbocycles. The van der Waals surface area contributed by atoms with Crippen LogP contribution in [-0.2, 0) is 0 Å². The van der Waals surface area contributed by atoms with Gasteiger partial charge in [-0.3, -0.25) is 4.90 Å². The number of pyridine rings is 1. The highest BCUT2D eigenvalue weighted by molar-refractivity contribution is 6.33. The summed E-state index contributed by atoms with van der Waals surface area (Å²) in [6, 6.07) is 5.63. The van der Waals surface area contributed by atoms with Crippen molar-refractivity contribution in [3.63, 3.8) is 0 Å². The van der Waals surface area contributed by atoms with Crippen LogP contribution in [0.5, 0.6) is 0 Å². The van der Waals surface area contributed by atoms with Crippen LogP contribution in [0.1, 0.15) is 18.9 Å². The highest BCUT2D eigenvalue weighted by Crippen LogP contribution is 2.30. The van der Waals surface area contributed by atoms with E-state index in [4.69, 9.17) is 11.6 Å². The number of urea groups is 1. The third-order valence-corrected chi connectivity index (χ3v) is 6.13. The molecule has 0 saturated carbocycles. The summed E-state index contributed by atoms with van der Waals surface area (Å²) in [6.45, 7) is 4.14. The first-order valence-corrected chi connectivity index (χ1v) is 11.0. The highest BCUT2D eigenvalue weighted by Gasteiger charge is 2.36. The minimum Gasteiger partial charge on any atom is -0.386 e. The minimum atomic E-state index is -0.842. The molecule has 0 saturated heterocycles. The van der Waals surface area contributed by atoms with Crippen LogP contribution < -0.4 is 15.5 Å². The van der Waals surface area contributed by atoms with E-state index in [2.05, 4.69) is 15.6 Å². The van der Waals surface area contributed by atoms with Gasteiger partial charge in [-0.1, -0.05) is 42.8 Å². The standard InChI is InChI=1S/C24H25ClFN5O2/c1-3-24(9-5-4-6-21(24)32)29-23(33)31-11-10-30(15-31)20-13-22(27-14-16(20)2)28-19-8-7-17(26)12-18(19)25/h4-14,21,32H,3,15H2,1-2H3,(H,27,28)(H,29,33). The number of nitrogens with one attached hydrogen (secondary N) is 2. The van der Waals surface area contributed by atoms with Crippen LogP contribution in [0.15, 0.2) is 67.2 Å². The number of anilines is 3. The molecule has 172 valence electrons. The van der Waals surface area contributed by atoms with Crippen LogP contribution in [0.2, 0.25) is 5.02 Å². The van der Waals surface area contributed by atoms with Crippen molar-refractivity contribution in [2.24, 2.45) is 0 Å². The molecule has 1 aromatic heterocycles. The van der Waals surface area contributed by atoms with Gasteiger partial charge in [-0.05, 0) is 37.1 Å². The van der Waals surface area contributed by atoms with E-state index >= 15 is 0 Å². The number of carbonyl (C=O) groups is 1. The summed E-state index contributed by atoms with van der Waals surface area (Å²) in [6.07, 6.45) is 12.0. The third kappa shape index (κ3) is 4.72. The van der Waals surface area contributed by atoms with Crippen LogP contribution >= 0.6 is 11.6 Å². The Morgan fingerprint density at radius 2 is 2.15 bits per heavy atom. The summed E-state index contributed by atoms with van der Waals surface area (Å²) >= 11 is 6.12. The topological polar surface area (TPSA) is 80.7 Å². The number of hydrogen-bond donors (Lipinski definition) is 3. The van der Waals surface area contributed by atoms with Gasteiger partial charge in [-0.15, -0.1) is 0 Å². The normalized spacial score (nSPS) is 21.5. The highest BCUT2D eigenvalue weighted by atomic mass is 35.5. The van der Waals surface area contributed by atoms with Gasteiger partial charge in [-0.25, -0.2) is 14.2 Å². The smallest absolute Gasteiger partial charge is 0.323 e. The first-order valence-electron chi connectivity index (χ1n) is 10.6. The largest absolute Gasteiger partial charge is 0.386 e. The van der Waals surface area contributed by atoms with Crippen LogP contribution in [0.25, 0.3) is 0 Å². The van der Waals surface area contributed by atoms with E-state index in [1.165, 1.54) is 12.1 Å². The molecule has 9 heteroatoms. The van der Waals surface area contributed by atoms with E-state index in [0.29, 0.717) is 24.6 Å². The molecule has 7 nitrogen and oxygen atoms in total. The van der Waals surface area contributed by atoms with E-state index in [-0.39, 0.29) is 11.1 Å². The van der Waals surface area contributed by atoms with Crippen molar-refractivity contribution >= 4 is 34.8 Å². The average molecular weight is 470 g/mol. The maximum absolute atomic E-state index is 13.3. The number of carbonyl (C=O) groups excluding carboxylic acids is 1.